The quantitative estimate of drug-likeness (QED) is 0.901. The molecule has 3 rings (SSSR count). The molecular weight excluding hydrogens is 300 g/mol. The molecule has 21 heavy (non-hydrogen) atoms. The number of anilines is 1. The molecule has 2 heterocycles. The van der Waals surface area contributed by atoms with Gasteiger partial charge in [0, 0.05) is 11.8 Å². The second-order valence-electron chi connectivity index (χ2n) is 4.48. The first-order chi connectivity index (χ1) is 10.1. The summed E-state index contributed by atoms with van der Waals surface area (Å²) in [6.07, 6.45) is -1.59. The smallest absolute Gasteiger partial charge is 0.463 e. The zero-order valence-electron chi connectivity index (χ0n) is 11.2. The molecule has 0 saturated carbocycles. The molecule has 0 spiro atoms. The fraction of sp³-hybridized carbons (Fsp3) is 0.286. The number of benzene rings is 1. The van der Waals surface area contributed by atoms with Crippen molar-refractivity contribution in [2.24, 2.45) is 0 Å². The van der Waals surface area contributed by atoms with Gasteiger partial charge >= 0.3 is 6.29 Å². The largest absolute Gasteiger partial charge is 0.586 e. The summed E-state index contributed by atoms with van der Waals surface area (Å²) in [5.41, 5.74) is 0.651. The van der Waals surface area contributed by atoms with E-state index in [1.165, 1.54) is 12.1 Å². The number of furan rings is 1. The highest BCUT2D eigenvalue weighted by Crippen LogP contribution is 2.42. The predicted molar refractivity (Wildman–Crippen MR) is 75.9 cm³/mol. The van der Waals surface area contributed by atoms with Gasteiger partial charge in [0.15, 0.2) is 11.5 Å². The number of halogens is 2. The Morgan fingerprint density at radius 3 is 2.67 bits per heavy atom. The number of alkyl halides is 2. The molecular formula is C14H13F2NO3S. The van der Waals surface area contributed by atoms with Crippen molar-refractivity contribution in [1.82, 2.24) is 0 Å². The molecule has 0 saturated heterocycles. The van der Waals surface area contributed by atoms with Crippen molar-refractivity contribution in [3.05, 3.63) is 41.9 Å². The summed E-state index contributed by atoms with van der Waals surface area (Å²) >= 11 is 1.68. The fourth-order valence-electron chi connectivity index (χ4n) is 1.99. The van der Waals surface area contributed by atoms with Gasteiger partial charge in [0.2, 0.25) is 0 Å². The second-order valence-corrected chi connectivity index (χ2v) is 5.35. The molecule has 112 valence electrons. The Hall–Kier alpha value is -1.89. The van der Waals surface area contributed by atoms with Gasteiger partial charge in [-0.25, -0.2) is 0 Å². The molecule has 1 aliphatic rings. The lowest BCUT2D eigenvalue weighted by atomic mass is 10.2. The van der Waals surface area contributed by atoms with E-state index in [4.69, 9.17) is 4.42 Å². The molecule has 1 aromatic carbocycles. The third-order valence-corrected chi connectivity index (χ3v) is 3.45. The van der Waals surface area contributed by atoms with Gasteiger partial charge in [0.05, 0.1) is 12.3 Å². The standard InChI is InChI=1S/C14H13F2NO3S/c1-21-8-11-4-3-10(18-11)7-17-9-2-5-12-13(6-9)20-14(15,16)19-12/h2-6,17H,7-8H2,1H3. The van der Waals surface area contributed by atoms with Crippen molar-refractivity contribution < 1.29 is 22.7 Å². The van der Waals surface area contributed by atoms with E-state index in [1.807, 2.05) is 18.4 Å². The number of hydrogen-bond acceptors (Lipinski definition) is 5. The highest BCUT2D eigenvalue weighted by atomic mass is 32.2. The van der Waals surface area contributed by atoms with E-state index >= 15 is 0 Å². The molecule has 0 unspecified atom stereocenters. The molecule has 0 radical (unpaired) electrons. The van der Waals surface area contributed by atoms with Crippen molar-refractivity contribution in [3.63, 3.8) is 0 Å². The van der Waals surface area contributed by atoms with Crippen LogP contribution >= 0.6 is 11.8 Å². The summed E-state index contributed by atoms with van der Waals surface area (Å²) in [5, 5.41) is 3.09. The molecule has 1 aliphatic heterocycles. The van der Waals surface area contributed by atoms with E-state index in [9.17, 15) is 8.78 Å². The summed E-state index contributed by atoms with van der Waals surface area (Å²) in [4.78, 5) is 0. The Labute approximate surface area is 124 Å². The van der Waals surface area contributed by atoms with Crippen LogP contribution in [0, 0.1) is 0 Å². The van der Waals surface area contributed by atoms with Crippen LogP contribution in [0.5, 0.6) is 11.5 Å². The third kappa shape index (κ3) is 3.24. The zero-order valence-corrected chi connectivity index (χ0v) is 12.0. The molecule has 2 aromatic rings. The predicted octanol–water partition coefficient (Wildman–Crippen LogP) is 4.08. The monoisotopic (exact) mass is 313 g/mol. The second kappa shape index (κ2) is 5.48. The van der Waals surface area contributed by atoms with E-state index in [0.717, 1.165) is 17.3 Å². The van der Waals surface area contributed by atoms with Crippen LogP contribution in [0.15, 0.2) is 34.7 Å². The molecule has 7 heteroatoms. The SMILES string of the molecule is CSCc1ccc(CNc2ccc3c(c2)OC(F)(F)O3)o1. The lowest BCUT2D eigenvalue weighted by molar-refractivity contribution is -0.286. The minimum atomic E-state index is -3.59. The van der Waals surface area contributed by atoms with Crippen LogP contribution < -0.4 is 14.8 Å². The molecule has 0 fully saturated rings. The van der Waals surface area contributed by atoms with Crippen LogP contribution in [0.1, 0.15) is 11.5 Å². The van der Waals surface area contributed by atoms with Crippen molar-refractivity contribution in [3.8, 4) is 11.5 Å². The van der Waals surface area contributed by atoms with Gasteiger partial charge in [-0.3, -0.25) is 0 Å². The van der Waals surface area contributed by atoms with E-state index in [1.54, 1.807) is 17.8 Å². The number of thioether (sulfide) groups is 1. The molecule has 1 N–H and O–H groups in total. The first-order valence-corrected chi connectivity index (χ1v) is 7.65. The van der Waals surface area contributed by atoms with Crippen molar-refractivity contribution >= 4 is 17.4 Å². The summed E-state index contributed by atoms with van der Waals surface area (Å²) in [6, 6.07) is 8.38. The van der Waals surface area contributed by atoms with Gasteiger partial charge in [-0.05, 0) is 30.5 Å². The van der Waals surface area contributed by atoms with Gasteiger partial charge in [-0.1, -0.05) is 0 Å². The maximum atomic E-state index is 12.9. The van der Waals surface area contributed by atoms with Crippen LogP contribution in [-0.2, 0) is 12.3 Å². The number of rotatable bonds is 5. The summed E-state index contributed by atoms with van der Waals surface area (Å²) < 4.78 is 40.2. The maximum absolute atomic E-state index is 12.9. The molecule has 0 amide bonds. The number of hydrogen-bond donors (Lipinski definition) is 1. The van der Waals surface area contributed by atoms with Gasteiger partial charge in [-0.2, -0.15) is 11.8 Å². The molecule has 1 aromatic heterocycles. The van der Waals surface area contributed by atoms with Crippen LogP contribution in [0.25, 0.3) is 0 Å². The molecule has 4 nitrogen and oxygen atoms in total. The Balaban J connectivity index is 1.64. The van der Waals surface area contributed by atoms with Crippen molar-refractivity contribution in [1.29, 1.82) is 0 Å². The number of fused-ring (bicyclic) bond motifs is 1. The minimum Gasteiger partial charge on any atom is -0.463 e. The summed E-state index contributed by atoms with van der Waals surface area (Å²) in [7, 11) is 0. The number of ether oxygens (including phenoxy) is 2. The average Bonchev–Trinajstić information content (AvgIpc) is 2.98. The highest BCUT2D eigenvalue weighted by molar-refractivity contribution is 7.97. The first-order valence-electron chi connectivity index (χ1n) is 6.26. The summed E-state index contributed by atoms with van der Waals surface area (Å²) in [6.45, 7) is 0.463. The topological polar surface area (TPSA) is 43.6 Å². The normalized spacial score (nSPS) is 15.2. The van der Waals surface area contributed by atoms with E-state index in [0.29, 0.717) is 12.2 Å². The lowest BCUT2D eigenvalue weighted by Gasteiger charge is -2.05. The van der Waals surface area contributed by atoms with Gasteiger partial charge < -0.3 is 19.2 Å². The van der Waals surface area contributed by atoms with E-state index in [-0.39, 0.29) is 11.5 Å². The zero-order chi connectivity index (χ0) is 14.9. The fourth-order valence-corrected chi connectivity index (χ4v) is 2.42. The lowest BCUT2D eigenvalue weighted by Crippen LogP contribution is -2.25. The molecule has 0 bridgehead atoms. The minimum absolute atomic E-state index is 0.0208. The van der Waals surface area contributed by atoms with Crippen LogP contribution in [0.2, 0.25) is 0 Å². The Kier molecular flexibility index (Phi) is 3.67. The number of nitrogens with one attached hydrogen (secondary N) is 1. The van der Waals surface area contributed by atoms with Crippen LogP contribution in [-0.4, -0.2) is 12.6 Å². The Morgan fingerprint density at radius 1 is 1.10 bits per heavy atom. The maximum Gasteiger partial charge on any atom is 0.586 e. The summed E-state index contributed by atoms with van der Waals surface area (Å²) in [5.74, 6) is 2.56. The third-order valence-electron chi connectivity index (χ3n) is 2.87. The van der Waals surface area contributed by atoms with Crippen molar-refractivity contribution in [2.45, 2.75) is 18.6 Å². The first kappa shape index (κ1) is 14.1. The Morgan fingerprint density at radius 2 is 1.86 bits per heavy atom. The molecule has 0 atom stereocenters. The van der Waals surface area contributed by atoms with Crippen LogP contribution in [0.3, 0.4) is 0 Å². The van der Waals surface area contributed by atoms with Crippen LogP contribution in [0.4, 0.5) is 14.5 Å². The van der Waals surface area contributed by atoms with Gasteiger partial charge in [-0.15, -0.1) is 8.78 Å². The van der Waals surface area contributed by atoms with Gasteiger partial charge in [0.1, 0.15) is 11.5 Å². The van der Waals surface area contributed by atoms with E-state index in [2.05, 4.69) is 14.8 Å². The molecule has 0 aliphatic carbocycles. The van der Waals surface area contributed by atoms with Crippen molar-refractivity contribution in [2.75, 3.05) is 11.6 Å². The van der Waals surface area contributed by atoms with Gasteiger partial charge in [0.25, 0.3) is 0 Å². The highest BCUT2D eigenvalue weighted by Gasteiger charge is 2.43. The average molecular weight is 313 g/mol. The Bertz CT molecular complexity index is 645. The van der Waals surface area contributed by atoms with E-state index < -0.39 is 6.29 Å².